The van der Waals surface area contributed by atoms with Crippen molar-refractivity contribution in [3.05, 3.63) is 58.9 Å². The normalized spacial score (nSPS) is 11.1. The molecule has 2 aromatic carbocycles. The van der Waals surface area contributed by atoms with Crippen molar-refractivity contribution in [1.82, 2.24) is 0 Å². The molecule has 0 spiro atoms. The van der Waals surface area contributed by atoms with Crippen molar-refractivity contribution < 1.29 is 12.8 Å². The molecule has 0 aromatic heterocycles. The molecular weight excluding hydrogens is 291 g/mol. The molecule has 0 unspecified atom stereocenters. The molecule has 0 fully saturated rings. The number of hydrogen-bond acceptors (Lipinski definition) is 4. The van der Waals surface area contributed by atoms with Crippen LogP contribution in [-0.4, -0.2) is 8.42 Å². The van der Waals surface area contributed by atoms with Gasteiger partial charge in [0.1, 0.15) is 11.9 Å². The quantitative estimate of drug-likeness (QED) is 0.883. The van der Waals surface area contributed by atoms with E-state index in [4.69, 9.17) is 11.0 Å². The summed E-state index contributed by atoms with van der Waals surface area (Å²) in [5, 5.41) is 8.78. The van der Waals surface area contributed by atoms with E-state index in [2.05, 4.69) is 0 Å². The summed E-state index contributed by atoms with van der Waals surface area (Å²) in [7, 11) is -3.59. The number of nitrogen functional groups attached to an aromatic ring is 1. The van der Waals surface area contributed by atoms with Gasteiger partial charge in [0.15, 0.2) is 9.84 Å². The smallest absolute Gasteiger partial charge is 0.182 e. The van der Waals surface area contributed by atoms with Crippen LogP contribution < -0.4 is 5.73 Å². The number of benzene rings is 2. The van der Waals surface area contributed by atoms with E-state index in [0.717, 1.165) is 6.07 Å². The Balaban J connectivity index is 2.40. The van der Waals surface area contributed by atoms with Crippen molar-refractivity contribution in [2.24, 2.45) is 0 Å². The van der Waals surface area contributed by atoms with Crippen LogP contribution in [0, 0.1) is 24.1 Å². The summed E-state index contributed by atoms with van der Waals surface area (Å²) >= 11 is 0. The number of rotatable bonds is 3. The molecule has 2 aromatic rings. The second-order valence-electron chi connectivity index (χ2n) is 4.71. The van der Waals surface area contributed by atoms with E-state index in [0.29, 0.717) is 16.8 Å². The SMILES string of the molecule is Cc1cc(N)ccc1S(=O)(=O)Cc1ccc(F)c(C#N)c1. The van der Waals surface area contributed by atoms with Crippen LogP contribution in [0.1, 0.15) is 16.7 Å². The Bertz CT molecular complexity index is 839. The zero-order valence-corrected chi connectivity index (χ0v) is 12.1. The predicted molar refractivity (Wildman–Crippen MR) is 77.6 cm³/mol. The Hall–Kier alpha value is -2.39. The first-order chi connectivity index (χ1) is 9.83. The van der Waals surface area contributed by atoms with Crippen molar-refractivity contribution in [3.8, 4) is 6.07 Å². The molecule has 21 heavy (non-hydrogen) atoms. The molecule has 0 heterocycles. The largest absolute Gasteiger partial charge is 0.399 e. The molecule has 0 saturated carbocycles. The van der Waals surface area contributed by atoms with Crippen LogP contribution in [0.5, 0.6) is 0 Å². The lowest BCUT2D eigenvalue weighted by Crippen LogP contribution is -2.07. The monoisotopic (exact) mass is 304 g/mol. The van der Waals surface area contributed by atoms with E-state index in [1.54, 1.807) is 19.1 Å². The Morgan fingerprint density at radius 3 is 2.57 bits per heavy atom. The number of hydrogen-bond donors (Lipinski definition) is 1. The van der Waals surface area contributed by atoms with Gasteiger partial charge in [-0.05, 0) is 48.4 Å². The maximum Gasteiger partial charge on any atom is 0.182 e. The number of nitrogens with two attached hydrogens (primary N) is 1. The van der Waals surface area contributed by atoms with Crippen LogP contribution in [0.3, 0.4) is 0 Å². The second kappa shape index (κ2) is 5.54. The molecule has 0 atom stereocenters. The molecule has 6 heteroatoms. The highest BCUT2D eigenvalue weighted by molar-refractivity contribution is 7.90. The van der Waals surface area contributed by atoms with Gasteiger partial charge in [-0.25, -0.2) is 12.8 Å². The predicted octanol–water partition coefficient (Wildman–Crippen LogP) is 2.56. The molecule has 2 N–H and O–H groups in total. The lowest BCUT2D eigenvalue weighted by Gasteiger charge is -2.09. The first kappa shape index (κ1) is 15.0. The van der Waals surface area contributed by atoms with Crippen LogP contribution in [-0.2, 0) is 15.6 Å². The number of anilines is 1. The van der Waals surface area contributed by atoms with E-state index in [1.165, 1.54) is 24.3 Å². The van der Waals surface area contributed by atoms with E-state index in [1.807, 2.05) is 0 Å². The minimum absolute atomic E-state index is 0.170. The lowest BCUT2D eigenvalue weighted by molar-refractivity contribution is 0.594. The highest BCUT2D eigenvalue weighted by Crippen LogP contribution is 2.23. The third-order valence-corrected chi connectivity index (χ3v) is 4.88. The first-order valence-corrected chi connectivity index (χ1v) is 7.76. The van der Waals surface area contributed by atoms with Crippen molar-refractivity contribution in [2.45, 2.75) is 17.6 Å². The maximum atomic E-state index is 13.2. The third kappa shape index (κ3) is 3.20. The van der Waals surface area contributed by atoms with Crippen molar-refractivity contribution >= 4 is 15.5 Å². The van der Waals surface area contributed by atoms with Crippen LogP contribution in [0.25, 0.3) is 0 Å². The van der Waals surface area contributed by atoms with Gasteiger partial charge in [0.05, 0.1) is 16.2 Å². The zero-order chi connectivity index (χ0) is 15.6. The average Bonchev–Trinajstić information content (AvgIpc) is 2.40. The van der Waals surface area contributed by atoms with Crippen LogP contribution >= 0.6 is 0 Å². The number of aryl methyl sites for hydroxylation is 1. The fourth-order valence-electron chi connectivity index (χ4n) is 2.07. The van der Waals surface area contributed by atoms with Gasteiger partial charge in [0.25, 0.3) is 0 Å². The molecule has 2 rings (SSSR count). The molecule has 0 radical (unpaired) electrons. The summed E-state index contributed by atoms with van der Waals surface area (Å²) in [6.07, 6.45) is 0. The van der Waals surface area contributed by atoms with Gasteiger partial charge in [-0.3, -0.25) is 0 Å². The maximum absolute atomic E-state index is 13.2. The molecule has 0 aliphatic heterocycles. The Kier molecular flexibility index (Phi) is 3.96. The average molecular weight is 304 g/mol. The summed E-state index contributed by atoms with van der Waals surface area (Å²) in [5.74, 6) is -0.963. The number of nitrogens with zero attached hydrogens (tertiary/aromatic N) is 1. The molecule has 4 nitrogen and oxygen atoms in total. The molecule has 0 saturated heterocycles. The first-order valence-electron chi connectivity index (χ1n) is 6.11. The fraction of sp³-hybridized carbons (Fsp3) is 0.133. The summed E-state index contributed by atoms with van der Waals surface area (Å²) in [6, 6.07) is 9.95. The minimum Gasteiger partial charge on any atom is -0.399 e. The van der Waals surface area contributed by atoms with Crippen molar-refractivity contribution in [2.75, 3.05) is 5.73 Å². The summed E-state index contributed by atoms with van der Waals surface area (Å²) in [4.78, 5) is 0.180. The van der Waals surface area contributed by atoms with Gasteiger partial charge in [0.2, 0.25) is 0 Å². The molecule has 0 amide bonds. The van der Waals surface area contributed by atoms with Crippen LogP contribution in [0.15, 0.2) is 41.3 Å². The van der Waals surface area contributed by atoms with Crippen molar-refractivity contribution in [1.29, 1.82) is 5.26 Å². The molecular formula is C15H13FN2O2S. The Morgan fingerprint density at radius 2 is 1.95 bits per heavy atom. The van der Waals surface area contributed by atoms with E-state index in [-0.39, 0.29) is 16.2 Å². The van der Waals surface area contributed by atoms with E-state index in [9.17, 15) is 12.8 Å². The third-order valence-electron chi connectivity index (χ3n) is 3.04. The highest BCUT2D eigenvalue weighted by atomic mass is 32.2. The van der Waals surface area contributed by atoms with Gasteiger partial charge in [0, 0.05) is 5.69 Å². The topological polar surface area (TPSA) is 84.0 Å². The van der Waals surface area contributed by atoms with Gasteiger partial charge < -0.3 is 5.73 Å². The van der Waals surface area contributed by atoms with Crippen LogP contribution in [0.4, 0.5) is 10.1 Å². The Morgan fingerprint density at radius 1 is 1.24 bits per heavy atom. The van der Waals surface area contributed by atoms with Gasteiger partial charge in [-0.2, -0.15) is 5.26 Å². The number of halogens is 1. The highest BCUT2D eigenvalue weighted by Gasteiger charge is 2.18. The van der Waals surface area contributed by atoms with Gasteiger partial charge >= 0.3 is 0 Å². The van der Waals surface area contributed by atoms with Gasteiger partial charge in [-0.1, -0.05) is 6.07 Å². The fourth-order valence-corrected chi connectivity index (χ4v) is 3.67. The number of nitriles is 1. The molecule has 0 aliphatic rings. The Labute approximate surface area is 122 Å². The van der Waals surface area contributed by atoms with E-state index >= 15 is 0 Å². The zero-order valence-electron chi connectivity index (χ0n) is 11.3. The van der Waals surface area contributed by atoms with E-state index < -0.39 is 15.7 Å². The molecule has 0 aliphatic carbocycles. The lowest BCUT2D eigenvalue weighted by atomic mass is 10.1. The molecule has 0 bridgehead atoms. The van der Waals surface area contributed by atoms with Gasteiger partial charge in [-0.15, -0.1) is 0 Å². The summed E-state index contributed by atoms with van der Waals surface area (Å²) in [5.41, 5.74) is 6.84. The summed E-state index contributed by atoms with van der Waals surface area (Å²) in [6.45, 7) is 1.66. The standard InChI is InChI=1S/C15H13FN2O2S/c1-10-6-13(18)3-5-15(10)21(19,20)9-11-2-4-14(16)12(7-11)8-17/h2-7H,9,18H2,1H3. The van der Waals surface area contributed by atoms with Crippen molar-refractivity contribution in [3.63, 3.8) is 0 Å². The minimum atomic E-state index is -3.59. The molecule has 108 valence electrons. The summed E-state index contributed by atoms with van der Waals surface area (Å²) < 4.78 is 38.1. The van der Waals surface area contributed by atoms with Crippen LogP contribution in [0.2, 0.25) is 0 Å². The number of sulfone groups is 1. The second-order valence-corrected chi connectivity index (χ2v) is 6.67.